The summed E-state index contributed by atoms with van der Waals surface area (Å²) in [6.45, 7) is 2.70. The minimum Gasteiger partial charge on any atom is -0.490 e. The molecule has 2 aromatic carbocycles. The summed E-state index contributed by atoms with van der Waals surface area (Å²) in [6.07, 6.45) is 4.38. The predicted octanol–water partition coefficient (Wildman–Crippen LogP) is 6.86. The number of benzene rings is 2. The fourth-order valence-corrected chi connectivity index (χ4v) is 3.09. The van der Waals surface area contributed by atoms with Crippen molar-refractivity contribution in [2.45, 2.75) is 32.6 Å². The number of rotatable bonds is 8. The van der Waals surface area contributed by atoms with Gasteiger partial charge in [0.05, 0.1) is 16.7 Å². The van der Waals surface area contributed by atoms with Crippen LogP contribution in [0.25, 0.3) is 0 Å². The van der Waals surface area contributed by atoms with Crippen molar-refractivity contribution in [2.24, 2.45) is 0 Å². The SMILES string of the molecule is CCCCCCOc1c(Cl)cc(C(=O)Nc2cccc(Cl)c2)cc1Cl. The predicted molar refractivity (Wildman–Crippen MR) is 106 cm³/mol. The van der Waals surface area contributed by atoms with Crippen molar-refractivity contribution in [1.29, 1.82) is 0 Å². The molecule has 25 heavy (non-hydrogen) atoms. The van der Waals surface area contributed by atoms with Gasteiger partial charge in [0.1, 0.15) is 0 Å². The van der Waals surface area contributed by atoms with Crippen molar-refractivity contribution in [3.63, 3.8) is 0 Å². The molecule has 2 aromatic rings. The molecule has 0 aliphatic rings. The molecular weight excluding hydrogens is 381 g/mol. The van der Waals surface area contributed by atoms with E-state index in [1.54, 1.807) is 36.4 Å². The number of ether oxygens (including phenoxy) is 1. The number of anilines is 1. The fraction of sp³-hybridized carbons (Fsp3) is 0.316. The molecule has 2 rings (SSSR count). The summed E-state index contributed by atoms with van der Waals surface area (Å²) < 4.78 is 5.67. The molecule has 1 N–H and O–H groups in total. The van der Waals surface area contributed by atoms with Gasteiger partial charge in [-0.05, 0) is 36.8 Å². The lowest BCUT2D eigenvalue weighted by atomic mass is 10.2. The number of halogens is 3. The molecule has 0 unspecified atom stereocenters. The Balaban J connectivity index is 2.03. The highest BCUT2D eigenvalue weighted by molar-refractivity contribution is 6.37. The number of hydrogen-bond donors (Lipinski definition) is 1. The maximum atomic E-state index is 12.4. The van der Waals surface area contributed by atoms with E-state index in [2.05, 4.69) is 12.2 Å². The Hall–Kier alpha value is -1.42. The van der Waals surface area contributed by atoms with Gasteiger partial charge in [-0.15, -0.1) is 0 Å². The summed E-state index contributed by atoms with van der Waals surface area (Å²) in [5, 5.41) is 3.94. The Morgan fingerprint density at radius 1 is 1.04 bits per heavy atom. The second-order valence-corrected chi connectivity index (χ2v) is 6.89. The van der Waals surface area contributed by atoms with Gasteiger partial charge in [-0.1, -0.05) is 67.1 Å². The third-order valence-corrected chi connectivity index (χ3v) is 4.38. The van der Waals surface area contributed by atoms with Gasteiger partial charge in [0.2, 0.25) is 0 Å². The van der Waals surface area contributed by atoms with Crippen molar-refractivity contribution < 1.29 is 9.53 Å². The van der Waals surface area contributed by atoms with Crippen molar-refractivity contribution in [3.05, 3.63) is 57.0 Å². The van der Waals surface area contributed by atoms with Gasteiger partial charge in [-0.2, -0.15) is 0 Å². The van der Waals surface area contributed by atoms with Crippen LogP contribution in [0.1, 0.15) is 43.0 Å². The third kappa shape index (κ3) is 6.10. The van der Waals surface area contributed by atoms with Crippen LogP contribution in [0.3, 0.4) is 0 Å². The van der Waals surface area contributed by atoms with Crippen LogP contribution in [-0.2, 0) is 0 Å². The largest absolute Gasteiger partial charge is 0.490 e. The number of carbonyl (C=O) groups excluding carboxylic acids is 1. The number of amides is 1. The molecule has 0 spiro atoms. The first-order chi connectivity index (χ1) is 12.0. The molecule has 0 atom stereocenters. The van der Waals surface area contributed by atoms with Crippen LogP contribution < -0.4 is 10.1 Å². The summed E-state index contributed by atoms with van der Waals surface area (Å²) in [5.41, 5.74) is 0.953. The fourth-order valence-electron chi connectivity index (χ4n) is 2.30. The van der Waals surface area contributed by atoms with Gasteiger partial charge in [-0.3, -0.25) is 4.79 Å². The van der Waals surface area contributed by atoms with Crippen LogP contribution in [0, 0.1) is 0 Å². The number of carbonyl (C=O) groups is 1. The molecular formula is C19H20Cl3NO2. The average Bonchev–Trinajstić information content (AvgIpc) is 2.56. The van der Waals surface area contributed by atoms with E-state index in [4.69, 9.17) is 39.5 Å². The Labute approximate surface area is 163 Å². The van der Waals surface area contributed by atoms with Crippen molar-refractivity contribution in [3.8, 4) is 5.75 Å². The molecule has 0 aliphatic carbocycles. The van der Waals surface area contributed by atoms with Gasteiger partial charge in [0.15, 0.2) is 5.75 Å². The topological polar surface area (TPSA) is 38.3 Å². The first-order valence-electron chi connectivity index (χ1n) is 8.20. The zero-order valence-corrected chi connectivity index (χ0v) is 16.2. The molecule has 0 saturated carbocycles. The van der Waals surface area contributed by atoms with Gasteiger partial charge in [-0.25, -0.2) is 0 Å². The highest BCUT2D eigenvalue weighted by Crippen LogP contribution is 2.34. The van der Waals surface area contributed by atoms with Crippen molar-refractivity contribution in [2.75, 3.05) is 11.9 Å². The molecule has 0 bridgehead atoms. The van der Waals surface area contributed by atoms with Gasteiger partial charge in [0, 0.05) is 16.3 Å². The quantitative estimate of drug-likeness (QED) is 0.492. The molecule has 0 aliphatic heterocycles. The van der Waals surface area contributed by atoms with Gasteiger partial charge in [0.25, 0.3) is 5.91 Å². The number of nitrogens with one attached hydrogen (secondary N) is 1. The second kappa shape index (κ2) is 9.91. The summed E-state index contributed by atoms with van der Waals surface area (Å²) in [5.74, 6) is 0.0969. The lowest BCUT2D eigenvalue weighted by Crippen LogP contribution is -2.12. The zero-order valence-electron chi connectivity index (χ0n) is 14.0. The zero-order chi connectivity index (χ0) is 18.2. The van der Waals surface area contributed by atoms with Crippen LogP contribution in [-0.4, -0.2) is 12.5 Å². The normalized spacial score (nSPS) is 10.6. The van der Waals surface area contributed by atoms with Gasteiger partial charge < -0.3 is 10.1 Å². The van der Waals surface area contributed by atoms with E-state index in [0.29, 0.717) is 38.7 Å². The van der Waals surface area contributed by atoms with E-state index >= 15 is 0 Å². The van der Waals surface area contributed by atoms with Crippen LogP contribution in [0.5, 0.6) is 5.75 Å². The van der Waals surface area contributed by atoms with E-state index in [1.165, 1.54) is 6.42 Å². The Kier molecular flexibility index (Phi) is 7.89. The first-order valence-corrected chi connectivity index (χ1v) is 9.33. The standard InChI is InChI=1S/C19H20Cl3NO2/c1-2-3-4-5-9-25-18-16(21)10-13(11-17(18)22)19(24)23-15-8-6-7-14(20)12-15/h6-8,10-12H,2-5,9H2,1H3,(H,23,24). The molecule has 0 aromatic heterocycles. The van der Waals surface area contributed by atoms with Gasteiger partial charge >= 0.3 is 0 Å². The lowest BCUT2D eigenvalue weighted by Gasteiger charge is -2.12. The molecule has 134 valence electrons. The summed E-state index contributed by atoms with van der Waals surface area (Å²) in [6, 6.07) is 10.0. The molecule has 0 fully saturated rings. The minimum atomic E-state index is -0.319. The highest BCUT2D eigenvalue weighted by atomic mass is 35.5. The number of unbranched alkanes of at least 4 members (excludes halogenated alkanes) is 3. The van der Waals surface area contributed by atoms with E-state index in [0.717, 1.165) is 19.3 Å². The van der Waals surface area contributed by atoms with E-state index in [9.17, 15) is 4.79 Å². The summed E-state index contributed by atoms with van der Waals surface area (Å²) in [4.78, 5) is 12.4. The van der Waals surface area contributed by atoms with Crippen molar-refractivity contribution >= 4 is 46.4 Å². The maximum Gasteiger partial charge on any atom is 0.255 e. The van der Waals surface area contributed by atoms with Crippen molar-refractivity contribution in [1.82, 2.24) is 0 Å². The lowest BCUT2D eigenvalue weighted by molar-refractivity contribution is 0.102. The maximum absolute atomic E-state index is 12.4. The minimum absolute atomic E-state index is 0.319. The van der Waals surface area contributed by atoms with E-state index in [-0.39, 0.29) is 5.91 Å². The summed E-state index contributed by atoms with van der Waals surface area (Å²) in [7, 11) is 0. The van der Waals surface area contributed by atoms with E-state index < -0.39 is 0 Å². The molecule has 6 heteroatoms. The Bertz CT molecular complexity index is 711. The summed E-state index contributed by atoms with van der Waals surface area (Å²) >= 11 is 18.4. The highest BCUT2D eigenvalue weighted by Gasteiger charge is 2.14. The van der Waals surface area contributed by atoms with Crippen LogP contribution >= 0.6 is 34.8 Å². The molecule has 0 heterocycles. The molecule has 1 amide bonds. The second-order valence-electron chi connectivity index (χ2n) is 5.64. The Morgan fingerprint density at radius 2 is 1.76 bits per heavy atom. The molecule has 0 radical (unpaired) electrons. The first kappa shape index (κ1) is 19.9. The molecule has 0 saturated heterocycles. The number of hydrogen-bond acceptors (Lipinski definition) is 2. The van der Waals surface area contributed by atoms with Crippen LogP contribution in [0.15, 0.2) is 36.4 Å². The van der Waals surface area contributed by atoms with E-state index in [1.807, 2.05) is 0 Å². The third-order valence-electron chi connectivity index (χ3n) is 3.59. The molecule has 3 nitrogen and oxygen atoms in total. The monoisotopic (exact) mass is 399 g/mol. The smallest absolute Gasteiger partial charge is 0.255 e. The Morgan fingerprint density at radius 3 is 2.40 bits per heavy atom. The van der Waals surface area contributed by atoms with Crippen LogP contribution in [0.4, 0.5) is 5.69 Å². The average molecular weight is 401 g/mol. The van der Waals surface area contributed by atoms with Crippen LogP contribution in [0.2, 0.25) is 15.1 Å².